The van der Waals surface area contributed by atoms with Crippen LogP contribution in [0.1, 0.15) is 41.0 Å². The maximum absolute atomic E-state index is 2.20. The van der Waals surface area contributed by atoms with Crippen LogP contribution in [-0.4, -0.2) is 0 Å². The Bertz CT molecular complexity index is 379. The first-order valence-corrected chi connectivity index (χ1v) is 6.23. The van der Waals surface area contributed by atoms with Crippen molar-refractivity contribution in [3.63, 3.8) is 0 Å². The molecule has 0 aliphatic heterocycles. The molecule has 1 heteroatoms. The van der Waals surface area contributed by atoms with E-state index in [4.69, 9.17) is 0 Å². The van der Waals surface area contributed by atoms with E-state index in [1.807, 2.05) is 12.2 Å². The average molecular weight is 330 g/mol. The van der Waals surface area contributed by atoms with Gasteiger partial charge in [-0.3, -0.25) is 0 Å². The Morgan fingerprint density at radius 2 is 1.00 bits per heavy atom. The molecule has 0 aromatic rings. The topological polar surface area (TPSA) is 0 Å². The van der Waals surface area contributed by atoms with Gasteiger partial charge >= 0.3 is 19.5 Å². The summed E-state index contributed by atoms with van der Waals surface area (Å²) in [5, 5.41) is 0. The number of hydrogen-bond acceptors (Lipinski definition) is 0. The molecule has 0 atom stereocenters. The van der Waals surface area contributed by atoms with Crippen LogP contribution in [0.2, 0.25) is 0 Å². The molecule has 18 heavy (non-hydrogen) atoms. The second-order valence-electron chi connectivity index (χ2n) is 4.60. The summed E-state index contributed by atoms with van der Waals surface area (Å²) in [5.41, 5.74) is 5.87. The summed E-state index contributed by atoms with van der Waals surface area (Å²) >= 11 is 0. The summed E-state index contributed by atoms with van der Waals surface area (Å²) in [7, 11) is 0. The molecule has 0 bridgehead atoms. The van der Waals surface area contributed by atoms with Crippen LogP contribution in [0.25, 0.3) is 0 Å². The quantitative estimate of drug-likeness (QED) is 0.527. The maximum Gasteiger partial charge on any atom is 2.00 e. The van der Waals surface area contributed by atoms with E-state index in [9.17, 15) is 0 Å². The first kappa shape index (κ1) is 17.3. The number of rotatable bonds is 0. The van der Waals surface area contributed by atoms with Crippen LogP contribution in [0, 0.1) is 5.92 Å². The maximum atomic E-state index is 2.20. The van der Waals surface area contributed by atoms with E-state index in [0.29, 0.717) is 0 Å². The molecule has 2 rings (SSSR count). The summed E-state index contributed by atoms with van der Waals surface area (Å²) in [4.78, 5) is 0. The molecule has 0 amide bonds. The Morgan fingerprint density at radius 3 is 1.28 bits per heavy atom. The predicted molar refractivity (Wildman–Crippen MR) is 77.7 cm³/mol. The number of allylic oxidation sites excluding steroid dienone is 10. The minimum absolute atomic E-state index is 0. The fraction of sp³-hybridized carbons (Fsp3) is 0.353. The zero-order valence-electron chi connectivity index (χ0n) is 12.0. The van der Waals surface area contributed by atoms with E-state index in [1.54, 1.807) is 0 Å². The third kappa shape index (κ3) is 4.54. The van der Waals surface area contributed by atoms with E-state index in [2.05, 4.69) is 58.9 Å². The van der Waals surface area contributed by atoms with Gasteiger partial charge in [0, 0.05) is 5.92 Å². The van der Waals surface area contributed by atoms with E-state index in [1.165, 1.54) is 28.2 Å². The van der Waals surface area contributed by atoms with Gasteiger partial charge in [0.05, 0.1) is 0 Å². The smallest absolute Gasteiger partial charge is 0.0807 e. The van der Waals surface area contributed by atoms with Gasteiger partial charge in [0.2, 0.25) is 0 Å². The molecule has 0 saturated heterocycles. The Hall–Kier alpha value is -0.677. The van der Waals surface area contributed by atoms with Crippen molar-refractivity contribution in [1.82, 2.24) is 0 Å². The molecule has 2 aliphatic rings. The second kappa shape index (κ2) is 8.43. The van der Waals surface area contributed by atoms with Gasteiger partial charge in [0.1, 0.15) is 0 Å². The first-order chi connectivity index (χ1) is 8.05. The minimum atomic E-state index is 0. The van der Waals surface area contributed by atoms with E-state index in [-0.39, 0.29) is 19.5 Å². The van der Waals surface area contributed by atoms with Gasteiger partial charge in [-0.2, -0.15) is 0 Å². The average Bonchev–Trinajstić information content (AvgIpc) is 2.65. The summed E-state index contributed by atoms with van der Waals surface area (Å²) < 4.78 is 0. The molecule has 0 nitrogen and oxygen atoms in total. The Kier molecular flexibility index (Phi) is 8.11. The molecule has 0 aromatic heterocycles. The Balaban J connectivity index is 0.000000321. The van der Waals surface area contributed by atoms with Crippen molar-refractivity contribution in [2.75, 3.05) is 0 Å². The van der Waals surface area contributed by atoms with Gasteiger partial charge in [-0.25, -0.2) is 0 Å². The van der Waals surface area contributed by atoms with Crippen LogP contribution in [0.15, 0.2) is 58.7 Å². The SMILES string of the molecule is C1=CC=CCC=C1.C[C]1C(C)=C(C)C(C)=C1C.[Rh+2]. The van der Waals surface area contributed by atoms with Crippen molar-refractivity contribution in [2.24, 2.45) is 0 Å². The molecule has 0 spiro atoms. The van der Waals surface area contributed by atoms with Crippen molar-refractivity contribution < 1.29 is 19.5 Å². The second-order valence-corrected chi connectivity index (χ2v) is 4.60. The fourth-order valence-corrected chi connectivity index (χ4v) is 1.93. The number of hydrogen-bond donors (Lipinski definition) is 0. The zero-order chi connectivity index (χ0) is 12.8. The molecule has 0 unspecified atom stereocenters. The van der Waals surface area contributed by atoms with Crippen molar-refractivity contribution in [3.05, 3.63) is 64.7 Å². The molecule has 0 N–H and O–H groups in total. The molecule has 0 aromatic carbocycles. The van der Waals surface area contributed by atoms with Crippen LogP contribution in [0.3, 0.4) is 0 Å². The van der Waals surface area contributed by atoms with Crippen molar-refractivity contribution >= 4 is 0 Å². The van der Waals surface area contributed by atoms with Crippen LogP contribution in [0.5, 0.6) is 0 Å². The van der Waals surface area contributed by atoms with E-state index in [0.717, 1.165) is 6.42 Å². The van der Waals surface area contributed by atoms with Crippen LogP contribution in [0.4, 0.5) is 0 Å². The molecule has 98 valence electrons. The monoisotopic (exact) mass is 330 g/mol. The van der Waals surface area contributed by atoms with Crippen LogP contribution >= 0.6 is 0 Å². The van der Waals surface area contributed by atoms with Gasteiger partial charge in [0.15, 0.2) is 0 Å². The standard InChI is InChI=1S/C10H15.C7H8.Rh/c1-6-7(2)9(4)10(5)8(6)3;1-2-4-6-7-5-3-1;/h1-5H3;1-6H,7H2;/q;;+2. The largest absolute Gasteiger partial charge is 2.00 e. The van der Waals surface area contributed by atoms with Gasteiger partial charge < -0.3 is 0 Å². The normalized spacial score (nSPS) is 18.5. The van der Waals surface area contributed by atoms with Gasteiger partial charge in [-0.05, 0) is 45.3 Å². The summed E-state index contributed by atoms with van der Waals surface area (Å²) in [6, 6.07) is 0. The summed E-state index contributed by atoms with van der Waals surface area (Å²) in [6.07, 6.45) is 13.5. The molecular weight excluding hydrogens is 307 g/mol. The van der Waals surface area contributed by atoms with E-state index < -0.39 is 0 Å². The summed E-state index contributed by atoms with van der Waals surface area (Å²) in [6.45, 7) is 11.0. The third-order valence-corrected chi connectivity index (χ3v) is 3.69. The predicted octanol–water partition coefficient (Wildman–Crippen LogP) is 5.32. The molecule has 0 fully saturated rings. The molecule has 0 heterocycles. The molecule has 2 radical (unpaired) electrons. The Labute approximate surface area is 125 Å². The van der Waals surface area contributed by atoms with Crippen molar-refractivity contribution in [3.8, 4) is 0 Å². The molecule has 2 aliphatic carbocycles. The zero-order valence-corrected chi connectivity index (χ0v) is 13.6. The van der Waals surface area contributed by atoms with Crippen LogP contribution < -0.4 is 0 Å². The van der Waals surface area contributed by atoms with Crippen molar-refractivity contribution in [1.29, 1.82) is 0 Å². The third-order valence-electron chi connectivity index (χ3n) is 3.69. The fourth-order valence-electron chi connectivity index (χ4n) is 1.93. The van der Waals surface area contributed by atoms with Gasteiger partial charge in [0.25, 0.3) is 0 Å². The van der Waals surface area contributed by atoms with Gasteiger partial charge in [-0.15, -0.1) is 0 Å². The molecule has 0 saturated carbocycles. The van der Waals surface area contributed by atoms with E-state index >= 15 is 0 Å². The van der Waals surface area contributed by atoms with Crippen LogP contribution in [-0.2, 0) is 19.5 Å². The Morgan fingerprint density at radius 1 is 0.611 bits per heavy atom. The van der Waals surface area contributed by atoms with Crippen molar-refractivity contribution in [2.45, 2.75) is 41.0 Å². The molecular formula is C17H23Rh+2. The minimum Gasteiger partial charge on any atom is -0.0807 e. The van der Waals surface area contributed by atoms with Gasteiger partial charge in [-0.1, -0.05) is 54.5 Å². The summed E-state index contributed by atoms with van der Waals surface area (Å²) in [5.74, 6) is 1.47. The first-order valence-electron chi connectivity index (χ1n) is 6.23.